The third-order valence-electron chi connectivity index (χ3n) is 3.95. The van der Waals surface area contributed by atoms with Gasteiger partial charge in [-0.2, -0.15) is 11.3 Å². The smallest absolute Gasteiger partial charge is 0.0472 e. The summed E-state index contributed by atoms with van der Waals surface area (Å²) in [7, 11) is 0. The highest BCUT2D eigenvalue weighted by atomic mass is 32.1. The molecule has 21 heavy (non-hydrogen) atoms. The van der Waals surface area contributed by atoms with E-state index in [2.05, 4.69) is 71.2 Å². The van der Waals surface area contributed by atoms with Gasteiger partial charge in [-0.15, -0.1) is 0 Å². The first-order valence-corrected chi connectivity index (χ1v) is 8.80. The lowest BCUT2D eigenvalue weighted by Crippen LogP contribution is -2.36. The molecule has 0 saturated heterocycles. The van der Waals surface area contributed by atoms with Gasteiger partial charge < -0.3 is 5.32 Å². The predicted octanol–water partition coefficient (Wildman–Crippen LogP) is 3.96. The second-order valence-corrected chi connectivity index (χ2v) is 6.01. The lowest BCUT2D eigenvalue weighted by Gasteiger charge is -2.30. The summed E-state index contributed by atoms with van der Waals surface area (Å²) in [4.78, 5) is 2.52. The molecular weight excluding hydrogens is 276 g/mol. The van der Waals surface area contributed by atoms with Crippen LogP contribution in [0.2, 0.25) is 0 Å². The van der Waals surface area contributed by atoms with Crippen LogP contribution in [0.15, 0.2) is 47.2 Å². The fourth-order valence-corrected chi connectivity index (χ4v) is 3.41. The summed E-state index contributed by atoms with van der Waals surface area (Å²) in [6, 6.07) is 13.5. The van der Waals surface area contributed by atoms with Gasteiger partial charge in [-0.1, -0.05) is 44.2 Å². The number of hydrogen-bond donors (Lipinski definition) is 1. The molecule has 114 valence electrons. The van der Waals surface area contributed by atoms with E-state index in [-0.39, 0.29) is 0 Å². The zero-order chi connectivity index (χ0) is 14.9. The Kier molecular flexibility index (Phi) is 6.93. The van der Waals surface area contributed by atoms with E-state index in [4.69, 9.17) is 0 Å². The molecule has 1 aromatic heterocycles. The van der Waals surface area contributed by atoms with Crippen LogP contribution in [0.25, 0.3) is 0 Å². The maximum absolute atomic E-state index is 3.63. The highest BCUT2D eigenvalue weighted by Gasteiger charge is 2.16. The Bertz CT molecular complexity index is 477. The zero-order valence-corrected chi connectivity index (χ0v) is 13.9. The van der Waals surface area contributed by atoms with E-state index < -0.39 is 0 Å². The van der Waals surface area contributed by atoms with E-state index in [0.717, 1.165) is 32.6 Å². The molecule has 0 radical (unpaired) electrons. The molecule has 0 fully saturated rings. The van der Waals surface area contributed by atoms with Gasteiger partial charge in [-0.05, 0) is 54.0 Å². The first kappa shape index (κ1) is 16.2. The van der Waals surface area contributed by atoms with Gasteiger partial charge in [0.05, 0.1) is 0 Å². The van der Waals surface area contributed by atoms with Crippen LogP contribution >= 0.6 is 11.3 Å². The minimum Gasteiger partial charge on any atom is -0.314 e. The second kappa shape index (κ2) is 8.98. The van der Waals surface area contributed by atoms with Gasteiger partial charge >= 0.3 is 0 Å². The van der Waals surface area contributed by atoms with Crippen LogP contribution in [0.1, 0.15) is 31.0 Å². The van der Waals surface area contributed by atoms with Crippen molar-refractivity contribution < 1.29 is 0 Å². The molecule has 0 amide bonds. The Morgan fingerprint density at radius 1 is 1.10 bits per heavy atom. The van der Waals surface area contributed by atoms with Crippen LogP contribution < -0.4 is 5.32 Å². The topological polar surface area (TPSA) is 15.3 Å². The molecule has 1 atom stereocenters. The average molecular weight is 302 g/mol. The molecule has 1 unspecified atom stereocenters. The molecule has 0 saturated carbocycles. The second-order valence-electron chi connectivity index (χ2n) is 5.23. The highest BCUT2D eigenvalue weighted by Crippen LogP contribution is 2.19. The van der Waals surface area contributed by atoms with Crippen molar-refractivity contribution in [2.75, 3.05) is 26.2 Å². The van der Waals surface area contributed by atoms with Gasteiger partial charge in [0, 0.05) is 12.6 Å². The number of benzene rings is 1. The maximum atomic E-state index is 3.63. The molecule has 0 spiro atoms. The third kappa shape index (κ3) is 4.95. The van der Waals surface area contributed by atoms with E-state index in [0.29, 0.717) is 6.04 Å². The van der Waals surface area contributed by atoms with Crippen molar-refractivity contribution in [3.8, 4) is 0 Å². The van der Waals surface area contributed by atoms with E-state index in [9.17, 15) is 0 Å². The third-order valence-corrected chi connectivity index (χ3v) is 4.68. The van der Waals surface area contributed by atoms with Gasteiger partial charge in [0.1, 0.15) is 0 Å². The largest absolute Gasteiger partial charge is 0.314 e. The Balaban J connectivity index is 1.90. The van der Waals surface area contributed by atoms with Crippen molar-refractivity contribution >= 4 is 11.3 Å². The summed E-state index contributed by atoms with van der Waals surface area (Å²) in [5.74, 6) is 0. The van der Waals surface area contributed by atoms with Crippen molar-refractivity contribution in [1.82, 2.24) is 10.2 Å². The van der Waals surface area contributed by atoms with Crippen LogP contribution in [0.4, 0.5) is 0 Å². The summed E-state index contributed by atoms with van der Waals surface area (Å²) in [6.45, 7) is 8.71. The van der Waals surface area contributed by atoms with Crippen LogP contribution in [0, 0.1) is 0 Å². The maximum Gasteiger partial charge on any atom is 0.0472 e. The predicted molar refractivity (Wildman–Crippen MR) is 93.0 cm³/mol. The monoisotopic (exact) mass is 302 g/mol. The van der Waals surface area contributed by atoms with Crippen LogP contribution in [0.3, 0.4) is 0 Å². The fraction of sp³-hybridized carbons (Fsp3) is 0.444. The SMILES string of the molecule is CCN(CC)C(CNCCc1ccsc1)c1ccccc1. The van der Waals surface area contributed by atoms with E-state index in [1.54, 1.807) is 11.3 Å². The molecule has 1 aromatic carbocycles. The molecule has 2 nitrogen and oxygen atoms in total. The van der Waals surface area contributed by atoms with E-state index in [1.165, 1.54) is 11.1 Å². The quantitative estimate of drug-likeness (QED) is 0.705. The molecule has 0 aliphatic heterocycles. The number of nitrogens with one attached hydrogen (secondary N) is 1. The summed E-state index contributed by atoms with van der Waals surface area (Å²) >= 11 is 1.78. The normalized spacial score (nSPS) is 12.7. The zero-order valence-electron chi connectivity index (χ0n) is 13.1. The lowest BCUT2D eigenvalue weighted by atomic mass is 10.0. The first-order valence-electron chi connectivity index (χ1n) is 7.86. The summed E-state index contributed by atoms with van der Waals surface area (Å²) < 4.78 is 0. The Morgan fingerprint density at radius 2 is 1.86 bits per heavy atom. The van der Waals surface area contributed by atoms with Gasteiger partial charge in [-0.25, -0.2) is 0 Å². The molecule has 1 N–H and O–H groups in total. The van der Waals surface area contributed by atoms with Crippen molar-refractivity contribution in [3.63, 3.8) is 0 Å². The lowest BCUT2D eigenvalue weighted by molar-refractivity contribution is 0.213. The van der Waals surface area contributed by atoms with Gasteiger partial charge in [0.2, 0.25) is 0 Å². The van der Waals surface area contributed by atoms with Crippen molar-refractivity contribution in [2.45, 2.75) is 26.3 Å². The van der Waals surface area contributed by atoms with Gasteiger partial charge in [0.15, 0.2) is 0 Å². The van der Waals surface area contributed by atoms with Crippen molar-refractivity contribution in [2.24, 2.45) is 0 Å². The van der Waals surface area contributed by atoms with Gasteiger partial charge in [0.25, 0.3) is 0 Å². The summed E-state index contributed by atoms with van der Waals surface area (Å²) in [6.07, 6.45) is 1.11. The number of nitrogens with zero attached hydrogens (tertiary/aromatic N) is 1. The van der Waals surface area contributed by atoms with Crippen LogP contribution in [0.5, 0.6) is 0 Å². The molecule has 0 aliphatic rings. The number of hydrogen-bond acceptors (Lipinski definition) is 3. The minimum absolute atomic E-state index is 0.462. The molecule has 1 heterocycles. The minimum atomic E-state index is 0.462. The highest BCUT2D eigenvalue weighted by molar-refractivity contribution is 7.07. The molecule has 3 heteroatoms. The molecule has 0 bridgehead atoms. The van der Waals surface area contributed by atoms with Crippen molar-refractivity contribution in [3.05, 3.63) is 58.3 Å². The average Bonchev–Trinajstić information content (AvgIpc) is 3.05. The van der Waals surface area contributed by atoms with Crippen LogP contribution in [-0.4, -0.2) is 31.1 Å². The number of thiophene rings is 1. The molecular formula is C18H26N2S. The van der Waals surface area contributed by atoms with E-state index >= 15 is 0 Å². The van der Waals surface area contributed by atoms with Gasteiger partial charge in [-0.3, -0.25) is 4.90 Å². The van der Waals surface area contributed by atoms with Crippen molar-refractivity contribution in [1.29, 1.82) is 0 Å². The molecule has 0 aliphatic carbocycles. The van der Waals surface area contributed by atoms with Crippen LogP contribution in [-0.2, 0) is 6.42 Å². The Morgan fingerprint density at radius 3 is 2.48 bits per heavy atom. The standard InChI is InChI=1S/C18H26N2S/c1-3-20(4-2)18(17-8-6-5-7-9-17)14-19-12-10-16-11-13-21-15-16/h5-9,11,13,15,18-19H,3-4,10,12,14H2,1-2H3. The number of likely N-dealkylation sites (N-methyl/N-ethyl adjacent to an activating group) is 1. The summed E-state index contributed by atoms with van der Waals surface area (Å²) in [5, 5.41) is 8.02. The Labute approximate surface area is 132 Å². The Hall–Kier alpha value is -1.16. The van der Waals surface area contributed by atoms with E-state index in [1.807, 2.05) is 0 Å². The fourth-order valence-electron chi connectivity index (χ4n) is 2.70. The molecule has 2 aromatic rings. The number of rotatable bonds is 9. The first-order chi connectivity index (χ1) is 10.3. The molecule has 2 rings (SSSR count). The summed E-state index contributed by atoms with van der Waals surface area (Å²) in [5.41, 5.74) is 2.84.